The van der Waals surface area contributed by atoms with Gasteiger partial charge in [0.1, 0.15) is 28.9 Å². The van der Waals surface area contributed by atoms with E-state index in [1.807, 2.05) is 30.3 Å². The van der Waals surface area contributed by atoms with Gasteiger partial charge in [-0.2, -0.15) is 5.10 Å². The maximum atomic E-state index is 13.1. The Bertz CT molecular complexity index is 1400. The minimum absolute atomic E-state index is 0.0331. The molecule has 1 atom stereocenters. The summed E-state index contributed by atoms with van der Waals surface area (Å²) in [6, 6.07) is 15.9. The molecule has 0 aliphatic carbocycles. The largest absolute Gasteiger partial charge is 0.497 e. The Hall–Kier alpha value is -4.53. The number of hydrogen-bond donors (Lipinski definition) is 0. The molecule has 2 aromatic carbocycles. The van der Waals surface area contributed by atoms with Crippen molar-refractivity contribution in [2.75, 3.05) is 20.8 Å². The molecule has 1 aliphatic heterocycles. The van der Waals surface area contributed by atoms with Crippen LogP contribution in [0.4, 0.5) is 0 Å². The lowest BCUT2D eigenvalue weighted by molar-refractivity contribution is -0.152. The van der Waals surface area contributed by atoms with Gasteiger partial charge in [0.25, 0.3) is 5.91 Å². The van der Waals surface area contributed by atoms with Gasteiger partial charge in [-0.1, -0.05) is 0 Å². The Kier molecular flexibility index (Phi) is 6.44. The zero-order valence-electron chi connectivity index (χ0n) is 19.8. The fraction of sp³-hybridized carbons (Fsp3) is 0.222. The number of rotatable bonds is 8. The van der Waals surface area contributed by atoms with Gasteiger partial charge in [0.05, 0.1) is 38.9 Å². The average molecular weight is 488 g/mol. The first-order chi connectivity index (χ1) is 17.6. The molecular weight excluding hydrogens is 464 g/mol. The Balaban J connectivity index is 1.27. The zero-order chi connectivity index (χ0) is 25.1. The van der Waals surface area contributed by atoms with E-state index in [0.29, 0.717) is 29.1 Å². The number of ether oxygens (including phenoxy) is 3. The van der Waals surface area contributed by atoms with Crippen LogP contribution in [0.5, 0.6) is 11.5 Å². The fourth-order valence-corrected chi connectivity index (χ4v) is 4.14. The monoisotopic (exact) mass is 488 g/mol. The highest BCUT2D eigenvalue weighted by Crippen LogP contribution is 2.33. The Morgan fingerprint density at radius 3 is 2.53 bits per heavy atom. The van der Waals surface area contributed by atoms with Crippen LogP contribution in [0.1, 0.15) is 29.3 Å². The van der Waals surface area contributed by atoms with Crippen LogP contribution in [0.25, 0.3) is 11.0 Å². The molecule has 0 spiro atoms. The SMILES string of the molecule is COc1ccc(C2=NN(C(=O)COC(=O)Cc3coc4cc(OC)ccc34)C(c3ccco3)C2)cc1. The van der Waals surface area contributed by atoms with E-state index in [0.717, 1.165) is 22.4 Å². The molecule has 0 saturated carbocycles. The van der Waals surface area contributed by atoms with Gasteiger partial charge in [0, 0.05) is 23.4 Å². The van der Waals surface area contributed by atoms with Crippen molar-refractivity contribution in [1.29, 1.82) is 0 Å². The molecule has 184 valence electrons. The third kappa shape index (κ3) is 4.68. The highest BCUT2D eigenvalue weighted by atomic mass is 16.5. The molecule has 9 nitrogen and oxygen atoms in total. The van der Waals surface area contributed by atoms with Gasteiger partial charge in [-0.15, -0.1) is 0 Å². The van der Waals surface area contributed by atoms with Gasteiger partial charge < -0.3 is 23.0 Å². The van der Waals surface area contributed by atoms with Gasteiger partial charge in [-0.3, -0.25) is 9.59 Å². The van der Waals surface area contributed by atoms with Crippen LogP contribution in [0.3, 0.4) is 0 Å². The third-order valence-electron chi connectivity index (χ3n) is 6.02. The second-order valence-corrected chi connectivity index (χ2v) is 8.21. The van der Waals surface area contributed by atoms with Crippen LogP contribution in [0.2, 0.25) is 0 Å². The van der Waals surface area contributed by atoms with Crippen LogP contribution in [-0.4, -0.2) is 43.4 Å². The number of hydrogen-bond acceptors (Lipinski definition) is 8. The predicted octanol–water partition coefficient (Wildman–Crippen LogP) is 4.51. The topological polar surface area (TPSA) is 104 Å². The molecule has 1 aliphatic rings. The lowest BCUT2D eigenvalue weighted by Gasteiger charge is -2.19. The van der Waals surface area contributed by atoms with Crippen molar-refractivity contribution in [2.24, 2.45) is 5.10 Å². The lowest BCUT2D eigenvalue weighted by atomic mass is 10.0. The summed E-state index contributed by atoms with van der Waals surface area (Å²) < 4.78 is 26.8. The molecule has 2 aromatic heterocycles. The number of carbonyl (C=O) groups excluding carboxylic acids is 2. The van der Waals surface area contributed by atoms with E-state index in [1.165, 1.54) is 11.3 Å². The van der Waals surface area contributed by atoms with E-state index >= 15 is 0 Å². The highest BCUT2D eigenvalue weighted by Gasteiger charge is 2.35. The molecule has 0 radical (unpaired) electrons. The maximum Gasteiger partial charge on any atom is 0.310 e. The van der Waals surface area contributed by atoms with E-state index in [4.69, 9.17) is 23.0 Å². The van der Waals surface area contributed by atoms with Crippen molar-refractivity contribution >= 4 is 28.6 Å². The molecule has 4 aromatic rings. The predicted molar refractivity (Wildman–Crippen MR) is 130 cm³/mol. The van der Waals surface area contributed by atoms with Crippen molar-refractivity contribution in [3.8, 4) is 11.5 Å². The van der Waals surface area contributed by atoms with Crippen LogP contribution in [0.15, 0.2) is 81.1 Å². The van der Waals surface area contributed by atoms with Gasteiger partial charge in [-0.05, 0) is 54.1 Å². The molecule has 0 fully saturated rings. The third-order valence-corrected chi connectivity index (χ3v) is 6.02. The average Bonchev–Trinajstić information content (AvgIpc) is 3.67. The van der Waals surface area contributed by atoms with Crippen molar-refractivity contribution < 1.29 is 32.6 Å². The first kappa shape index (κ1) is 23.2. The normalized spacial score (nSPS) is 15.1. The lowest BCUT2D eigenvalue weighted by Crippen LogP contribution is -2.31. The second kappa shape index (κ2) is 9.99. The van der Waals surface area contributed by atoms with Gasteiger partial charge >= 0.3 is 5.97 Å². The molecule has 1 amide bonds. The van der Waals surface area contributed by atoms with Crippen molar-refractivity contribution in [3.05, 3.63) is 84.0 Å². The van der Waals surface area contributed by atoms with Gasteiger partial charge in [0.15, 0.2) is 6.61 Å². The smallest absolute Gasteiger partial charge is 0.310 e. The van der Waals surface area contributed by atoms with Gasteiger partial charge in [0.2, 0.25) is 0 Å². The first-order valence-corrected chi connectivity index (χ1v) is 11.3. The number of amides is 1. The van der Waals surface area contributed by atoms with Crippen molar-refractivity contribution in [2.45, 2.75) is 18.9 Å². The number of carbonyl (C=O) groups is 2. The summed E-state index contributed by atoms with van der Waals surface area (Å²) in [7, 11) is 3.17. The molecule has 0 N–H and O–H groups in total. The zero-order valence-corrected chi connectivity index (χ0v) is 19.8. The van der Waals surface area contributed by atoms with Crippen molar-refractivity contribution in [3.63, 3.8) is 0 Å². The summed E-state index contributed by atoms with van der Waals surface area (Å²) in [5.41, 5.74) is 2.86. The van der Waals surface area contributed by atoms with E-state index in [-0.39, 0.29) is 6.42 Å². The second-order valence-electron chi connectivity index (χ2n) is 8.21. The number of nitrogens with zero attached hydrogens (tertiary/aromatic N) is 2. The van der Waals surface area contributed by atoms with E-state index in [2.05, 4.69) is 5.10 Å². The Labute approximate surface area is 206 Å². The summed E-state index contributed by atoms with van der Waals surface area (Å²) in [6.07, 6.45) is 3.48. The maximum absolute atomic E-state index is 13.1. The number of hydrazone groups is 1. The molecule has 1 unspecified atom stereocenters. The number of methoxy groups -OCH3 is 2. The summed E-state index contributed by atoms with van der Waals surface area (Å²) in [5.74, 6) is 0.986. The summed E-state index contributed by atoms with van der Waals surface area (Å²) in [6.45, 7) is -0.445. The van der Waals surface area contributed by atoms with Crippen molar-refractivity contribution in [1.82, 2.24) is 5.01 Å². The molecule has 0 saturated heterocycles. The molecule has 5 rings (SSSR count). The Morgan fingerprint density at radius 2 is 1.81 bits per heavy atom. The molecule has 9 heteroatoms. The standard InChI is InChI=1S/C27H24N2O7/c1-32-19-7-5-17(6-8-19)22-14-23(24-4-3-11-34-24)29(28-22)26(30)16-36-27(31)12-18-15-35-25-13-20(33-2)9-10-21(18)25/h3-11,13,15,23H,12,14,16H2,1-2H3. The van der Waals surface area contributed by atoms with E-state index in [1.54, 1.807) is 44.7 Å². The summed E-state index contributed by atoms with van der Waals surface area (Å²) in [5, 5.41) is 6.65. The van der Waals surface area contributed by atoms with Crippen LogP contribution >= 0.6 is 0 Å². The summed E-state index contributed by atoms with van der Waals surface area (Å²) in [4.78, 5) is 25.6. The molecular formula is C27H24N2O7. The fourth-order valence-electron chi connectivity index (χ4n) is 4.14. The van der Waals surface area contributed by atoms with Crippen LogP contribution in [0, 0.1) is 0 Å². The molecule has 3 heterocycles. The molecule has 0 bridgehead atoms. The van der Waals surface area contributed by atoms with Crippen LogP contribution in [-0.2, 0) is 20.7 Å². The number of benzene rings is 2. The van der Waals surface area contributed by atoms with Gasteiger partial charge in [-0.25, -0.2) is 5.01 Å². The first-order valence-electron chi connectivity index (χ1n) is 11.3. The minimum atomic E-state index is -0.546. The number of fused-ring (bicyclic) bond motifs is 1. The quantitative estimate of drug-likeness (QED) is 0.336. The van der Waals surface area contributed by atoms with E-state index in [9.17, 15) is 9.59 Å². The van der Waals surface area contributed by atoms with E-state index < -0.39 is 24.5 Å². The van der Waals surface area contributed by atoms with Crippen LogP contribution < -0.4 is 9.47 Å². The summed E-state index contributed by atoms with van der Waals surface area (Å²) >= 11 is 0. The highest BCUT2D eigenvalue weighted by molar-refractivity contribution is 6.03. The molecule has 36 heavy (non-hydrogen) atoms. The Morgan fingerprint density at radius 1 is 1.03 bits per heavy atom. The number of esters is 1. The number of furan rings is 2. The minimum Gasteiger partial charge on any atom is -0.497 e.